The Bertz CT molecular complexity index is 645. The molecule has 1 N–H and O–H groups in total. The number of anilines is 1. The number of para-hydroxylation sites is 1. The van der Waals surface area contributed by atoms with E-state index in [9.17, 15) is 4.79 Å². The van der Waals surface area contributed by atoms with Gasteiger partial charge < -0.3 is 10.1 Å². The third kappa shape index (κ3) is 2.82. The van der Waals surface area contributed by atoms with Crippen LogP contribution in [0.2, 0.25) is 0 Å². The summed E-state index contributed by atoms with van der Waals surface area (Å²) in [7, 11) is 0. The number of hydrogen-bond acceptors (Lipinski definition) is 3. The number of carbonyl (C=O) groups is 1. The van der Waals surface area contributed by atoms with Gasteiger partial charge in [-0.25, -0.2) is 0 Å². The number of amides is 1. The van der Waals surface area contributed by atoms with Gasteiger partial charge in [0.2, 0.25) is 0 Å². The highest BCUT2D eigenvalue weighted by molar-refractivity contribution is 9.10. The number of nitrogens with one attached hydrogen (secondary N) is 1. The summed E-state index contributed by atoms with van der Waals surface area (Å²) in [6.07, 6.45) is 4.24. The zero-order valence-electron chi connectivity index (χ0n) is 10.7. The molecule has 5 heteroatoms. The highest BCUT2D eigenvalue weighted by Crippen LogP contribution is 2.24. The van der Waals surface area contributed by atoms with E-state index in [0.29, 0.717) is 12.2 Å². The minimum atomic E-state index is -0.501. The van der Waals surface area contributed by atoms with E-state index in [2.05, 4.69) is 26.2 Å². The average molecular weight is 333 g/mol. The van der Waals surface area contributed by atoms with Crippen molar-refractivity contribution in [1.29, 1.82) is 0 Å². The summed E-state index contributed by atoms with van der Waals surface area (Å²) in [5, 5.41) is 2.91. The molecule has 1 unspecified atom stereocenters. The van der Waals surface area contributed by atoms with E-state index < -0.39 is 6.10 Å². The molecule has 2 heterocycles. The third-order valence-electron chi connectivity index (χ3n) is 3.20. The van der Waals surface area contributed by atoms with Crippen LogP contribution in [0.25, 0.3) is 0 Å². The second kappa shape index (κ2) is 5.63. The Balaban J connectivity index is 1.78. The fourth-order valence-electron chi connectivity index (χ4n) is 2.22. The van der Waals surface area contributed by atoms with E-state index in [1.165, 1.54) is 0 Å². The highest BCUT2D eigenvalue weighted by Gasteiger charge is 2.25. The molecule has 2 aromatic rings. The smallest absolute Gasteiger partial charge is 0.265 e. The SMILES string of the molecule is O=C1Nc2ccccc2CCC1Oc1cncc(Br)c1. The van der Waals surface area contributed by atoms with Crippen molar-refractivity contribution in [1.82, 2.24) is 4.98 Å². The van der Waals surface area contributed by atoms with Crippen molar-refractivity contribution in [2.24, 2.45) is 0 Å². The maximum absolute atomic E-state index is 12.2. The molecule has 102 valence electrons. The number of ether oxygens (including phenoxy) is 1. The van der Waals surface area contributed by atoms with Crippen LogP contribution in [-0.2, 0) is 11.2 Å². The number of pyridine rings is 1. The lowest BCUT2D eigenvalue weighted by Gasteiger charge is -2.15. The zero-order valence-corrected chi connectivity index (χ0v) is 12.3. The molecule has 0 aliphatic carbocycles. The Morgan fingerprint density at radius 1 is 1.30 bits per heavy atom. The van der Waals surface area contributed by atoms with Gasteiger partial charge >= 0.3 is 0 Å². The van der Waals surface area contributed by atoms with Crippen molar-refractivity contribution >= 4 is 27.5 Å². The minimum absolute atomic E-state index is 0.116. The van der Waals surface area contributed by atoms with Crippen LogP contribution in [0.5, 0.6) is 5.75 Å². The van der Waals surface area contributed by atoms with Crippen molar-refractivity contribution in [3.05, 3.63) is 52.8 Å². The number of halogens is 1. The van der Waals surface area contributed by atoms with Crippen LogP contribution in [0, 0.1) is 0 Å². The second-order valence-corrected chi connectivity index (χ2v) is 5.55. The maximum Gasteiger partial charge on any atom is 0.265 e. The quantitative estimate of drug-likeness (QED) is 0.918. The molecule has 0 spiro atoms. The topological polar surface area (TPSA) is 51.2 Å². The number of rotatable bonds is 2. The number of nitrogens with zero attached hydrogens (tertiary/aromatic N) is 1. The summed E-state index contributed by atoms with van der Waals surface area (Å²) < 4.78 is 6.58. The predicted molar refractivity (Wildman–Crippen MR) is 79.7 cm³/mol. The van der Waals surface area contributed by atoms with Crippen molar-refractivity contribution in [3.8, 4) is 5.75 Å². The largest absolute Gasteiger partial charge is 0.479 e. The lowest BCUT2D eigenvalue weighted by molar-refractivity contribution is -0.122. The molecule has 1 aromatic carbocycles. The monoisotopic (exact) mass is 332 g/mol. The van der Waals surface area contributed by atoms with Crippen molar-refractivity contribution in [3.63, 3.8) is 0 Å². The Hall–Kier alpha value is -1.88. The average Bonchev–Trinajstić information content (AvgIpc) is 2.59. The van der Waals surface area contributed by atoms with Crippen LogP contribution < -0.4 is 10.1 Å². The lowest BCUT2D eigenvalue weighted by atomic mass is 10.1. The predicted octanol–water partition coefficient (Wildman–Crippen LogP) is 3.18. The summed E-state index contributed by atoms with van der Waals surface area (Å²) in [4.78, 5) is 16.2. The summed E-state index contributed by atoms with van der Waals surface area (Å²) >= 11 is 3.34. The van der Waals surface area contributed by atoms with Crippen LogP contribution in [0.15, 0.2) is 47.2 Å². The molecule has 4 nitrogen and oxygen atoms in total. The Kier molecular flexibility index (Phi) is 3.69. The van der Waals surface area contributed by atoms with Crippen LogP contribution in [0.1, 0.15) is 12.0 Å². The molecule has 1 aliphatic heterocycles. The first-order valence-corrected chi connectivity index (χ1v) is 7.17. The van der Waals surface area contributed by atoms with Gasteiger partial charge in [0.05, 0.1) is 6.20 Å². The second-order valence-electron chi connectivity index (χ2n) is 4.63. The first-order chi connectivity index (χ1) is 9.72. The number of fused-ring (bicyclic) bond motifs is 1. The molecule has 1 aliphatic rings. The van der Waals surface area contributed by atoms with Gasteiger partial charge in [0.25, 0.3) is 5.91 Å². The number of aromatic nitrogens is 1. The van der Waals surface area contributed by atoms with Gasteiger partial charge in [0.15, 0.2) is 6.10 Å². The Labute approximate surface area is 125 Å². The Morgan fingerprint density at radius 2 is 2.15 bits per heavy atom. The Morgan fingerprint density at radius 3 is 3.00 bits per heavy atom. The number of hydrogen-bond donors (Lipinski definition) is 1. The number of benzene rings is 1. The molecule has 0 saturated carbocycles. The molecule has 0 fully saturated rings. The number of carbonyl (C=O) groups excluding carboxylic acids is 1. The molecule has 20 heavy (non-hydrogen) atoms. The third-order valence-corrected chi connectivity index (χ3v) is 3.64. The van der Waals surface area contributed by atoms with E-state index >= 15 is 0 Å². The van der Waals surface area contributed by atoms with Gasteiger partial charge in [-0.1, -0.05) is 18.2 Å². The minimum Gasteiger partial charge on any atom is -0.479 e. The molecule has 1 aromatic heterocycles. The lowest BCUT2D eigenvalue weighted by Crippen LogP contribution is -2.31. The van der Waals surface area contributed by atoms with E-state index in [0.717, 1.165) is 22.1 Å². The number of aryl methyl sites for hydroxylation is 1. The summed E-state index contributed by atoms with van der Waals surface area (Å²) in [5.74, 6) is 0.473. The zero-order chi connectivity index (χ0) is 13.9. The molecule has 0 saturated heterocycles. The van der Waals surface area contributed by atoms with Gasteiger partial charge in [-0.05, 0) is 46.5 Å². The molecule has 1 atom stereocenters. The van der Waals surface area contributed by atoms with Crippen LogP contribution in [0.4, 0.5) is 5.69 Å². The van der Waals surface area contributed by atoms with E-state index in [1.807, 2.05) is 24.3 Å². The van der Waals surface area contributed by atoms with Gasteiger partial charge in [-0.15, -0.1) is 0 Å². The highest BCUT2D eigenvalue weighted by atomic mass is 79.9. The van der Waals surface area contributed by atoms with Crippen molar-refractivity contribution in [2.75, 3.05) is 5.32 Å². The first kappa shape index (κ1) is 13.1. The van der Waals surface area contributed by atoms with E-state index in [4.69, 9.17) is 4.74 Å². The van der Waals surface area contributed by atoms with Crippen LogP contribution in [0.3, 0.4) is 0 Å². The van der Waals surface area contributed by atoms with E-state index in [-0.39, 0.29) is 5.91 Å². The summed E-state index contributed by atoms with van der Waals surface area (Å²) in [5.41, 5.74) is 2.01. The van der Waals surface area contributed by atoms with Gasteiger partial charge in [0, 0.05) is 16.4 Å². The van der Waals surface area contributed by atoms with Crippen molar-refractivity contribution < 1.29 is 9.53 Å². The van der Waals surface area contributed by atoms with Crippen molar-refractivity contribution in [2.45, 2.75) is 18.9 Å². The summed E-state index contributed by atoms with van der Waals surface area (Å²) in [6.45, 7) is 0. The van der Waals surface area contributed by atoms with E-state index in [1.54, 1.807) is 18.5 Å². The molecular weight excluding hydrogens is 320 g/mol. The first-order valence-electron chi connectivity index (χ1n) is 6.38. The van der Waals surface area contributed by atoms with Gasteiger partial charge in [-0.3, -0.25) is 9.78 Å². The standard InChI is InChI=1S/C15H13BrN2O2/c16-11-7-12(9-17-8-11)20-14-6-5-10-3-1-2-4-13(10)18-15(14)19/h1-4,7-9,14H,5-6H2,(H,18,19). The fraction of sp³-hybridized carbons (Fsp3) is 0.200. The van der Waals surface area contributed by atoms with Gasteiger partial charge in [-0.2, -0.15) is 0 Å². The molecular formula is C15H13BrN2O2. The van der Waals surface area contributed by atoms with Gasteiger partial charge in [0.1, 0.15) is 5.75 Å². The van der Waals surface area contributed by atoms with Crippen LogP contribution >= 0.6 is 15.9 Å². The summed E-state index contributed by atoms with van der Waals surface area (Å²) in [6, 6.07) is 9.64. The molecule has 0 radical (unpaired) electrons. The molecule has 1 amide bonds. The molecule has 0 bridgehead atoms. The normalized spacial score (nSPS) is 17.9. The fourth-order valence-corrected chi connectivity index (χ4v) is 2.57. The molecule has 3 rings (SSSR count). The maximum atomic E-state index is 12.2. The van der Waals surface area contributed by atoms with Crippen LogP contribution in [-0.4, -0.2) is 17.0 Å².